The summed E-state index contributed by atoms with van der Waals surface area (Å²) >= 11 is 1.68. The van der Waals surface area contributed by atoms with Gasteiger partial charge in [-0.3, -0.25) is 10.1 Å². The van der Waals surface area contributed by atoms with Crippen molar-refractivity contribution in [1.29, 1.82) is 0 Å². The molecule has 4 aromatic rings. The van der Waals surface area contributed by atoms with Crippen molar-refractivity contribution in [3.63, 3.8) is 0 Å². The van der Waals surface area contributed by atoms with E-state index in [0.717, 1.165) is 63.7 Å². The van der Waals surface area contributed by atoms with E-state index in [-0.39, 0.29) is 10.6 Å². The third-order valence-corrected chi connectivity index (χ3v) is 6.48. The van der Waals surface area contributed by atoms with Gasteiger partial charge in [0.2, 0.25) is 0 Å². The first-order valence-electron chi connectivity index (χ1n) is 9.72. The van der Waals surface area contributed by atoms with Gasteiger partial charge >= 0.3 is 0 Å². The van der Waals surface area contributed by atoms with Crippen molar-refractivity contribution >= 4 is 50.2 Å². The molecule has 29 heavy (non-hydrogen) atoms. The lowest BCUT2D eigenvalue weighted by Gasteiger charge is -2.30. The lowest BCUT2D eigenvalue weighted by molar-refractivity contribution is -0.384. The number of piperidine rings is 1. The Morgan fingerprint density at radius 1 is 1.10 bits per heavy atom. The largest absolute Gasteiger partial charge is 0.384 e. The predicted octanol–water partition coefficient (Wildman–Crippen LogP) is 5.60. The van der Waals surface area contributed by atoms with Gasteiger partial charge in [0.1, 0.15) is 5.82 Å². The number of non-ortho nitro benzene ring substituents is 1. The first-order chi connectivity index (χ1) is 14.1. The molecule has 0 amide bonds. The quantitative estimate of drug-likeness (QED) is 0.273. The Morgan fingerprint density at radius 2 is 1.93 bits per heavy atom. The summed E-state index contributed by atoms with van der Waals surface area (Å²) in [6.45, 7) is 1.96. The topological polar surface area (TPSA) is 85.3 Å². The number of nitrogen functional groups attached to an aromatic ring is 1. The Labute approximate surface area is 171 Å². The molecular formula is C22H20N4O2S. The maximum atomic E-state index is 11.4. The summed E-state index contributed by atoms with van der Waals surface area (Å²) in [7, 11) is 0. The molecule has 0 spiro atoms. The van der Waals surface area contributed by atoms with Crippen LogP contribution in [0, 0.1) is 10.1 Å². The van der Waals surface area contributed by atoms with Crippen LogP contribution in [0.15, 0.2) is 47.8 Å². The van der Waals surface area contributed by atoms with E-state index >= 15 is 0 Å². The number of anilines is 2. The molecule has 0 aliphatic carbocycles. The Hall–Kier alpha value is -3.19. The van der Waals surface area contributed by atoms with E-state index in [4.69, 9.17) is 5.73 Å². The molecular weight excluding hydrogens is 384 g/mol. The highest BCUT2D eigenvalue weighted by molar-refractivity contribution is 7.13. The summed E-state index contributed by atoms with van der Waals surface area (Å²) in [5.41, 5.74) is 9.19. The number of rotatable bonds is 3. The van der Waals surface area contributed by atoms with Gasteiger partial charge in [0, 0.05) is 52.5 Å². The van der Waals surface area contributed by atoms with E-state index in [2.05, 4.69) is 27.4 Å². The first kappa shape index (κ1) is 17.9. The van der Waals surface area contributed by atoms with E-state index in [0.29, 0.717) is 5.82 Å². The van der Waals surface area contributed by atoms with Crippen molar-refractivity contribution < 1.29 is 4.92 Å². The second-order valence-corrected chi connectivity index (χ2v) is 8.35. The smallest absolute Gasteiger partial charge is 0.270 e. The minimum atomic E-state index is -0.365. The zero-order valence-corrected chi connectivity index (χ0v) is 16.6. The van der Waals surface area contributed by atoms with Gasteiger partial charge in [-0.2, -0.15) is 0 Å². The second-order valence-electron chi connectivity index (χ2n) is 7.40. The molecule has 146 valence electrons. The zero-order chi connectivity index (χ0) is 20.0. The van der Waals surface area contributed by atoms with Crippen LogP contribution in [0.5, 0.6) is 0 Å². The van der Waals surface area contributed by atoms with Crippen LogP contribution in [0.1, 0.15) is 19.3 Å². The standard InChI is InChI=1S/C22H20N4O2S/c23-20-13-18(25-8-2-1-3-9-25)21-17(19-5-4-10-29-19)11-14-6-7-15(26(27)28)12-16(14)22(21)24-20/h4-7,10-13H,1-3,8-9H2,(H2,23,24). The number of nitrogens with zero attached hydrogens (tertiary/aromatic N) is 3. The normalized spacial score (nSPS) is 14.6. The second kappa shape index (κ2) is 7.00. The lowest BCUT2D eigenvalue weighted by Crippen LogP contribution is -2.29. The summed E-state index contributed by atoms with van der Waals surface area (Å²) in [4.78, 5) is 19.2. The number of fused-ring (bicyclic) bond motifs is 3. The Bertz CT molecular complexity index is 1230. The highest BCUT2D eigenvalue weighted by Crippen LogP contribution is 2.42. The third-order valence-electron chi connectivity index (χ3n) is 5.57. The van der Waals surface area contributed by atoms with Gasteiger partial charge in [0.05, 0.1) is 16.1 Å². The van der Waals surface area contributed by atoms with Gasteiger partial charge < -0.3 is 10.6 Å². The highest BCUT2D eigenvalue weighted by atomic mass is 32.1. The van der Waals surface area contributed by atoms with E-state index in [1.165, 1.54) is 6.42 Å². The van der Waals surface area contributed by atoms with Crippen LogP contribution in [0.2, 0.25) is 0 Å². The van der Waals surface area contributed by atoms with Gasteiger partial charge in [0.25, 0.3) is 5.69 Å². The van der Waals surface area contributed by atoms with Crippen LogP contribution in [-0.2, 0) is 0 Å². The molecule has 2 aromatic heterocycles. The summed E-state index contributed by atoms with van der Waals surface area (Å²) in [5, 5.41) is 16.1. The molecule has 1 fully saturated rings. The molecule has 1 aliphatic heterocycles. The zero-order valence-electron chi connectivity index (χ0n) is 15.8. The number of hydrogen-bond acceptors (Lipinski definition) is 6. The molecule has 0 unspecified atom stereocenters. The van der Waals surface area contributed by atoms with Gasteiger partial charge in [-0.15, -0.1) is 11.3 Å². The van der Waals surface area contributed by atoms with Gasteiger partial charge in [-0.05, 0) is 48.2 Å². The third kappa shape index (κ3) is 3.07. The molecule has 6 nitrogen and oxygen atoms in total. The fraction of sp³-hybridized carbons (Fsp3) is 0.227. The Balaban J connectivity index is 1.90. The predicted molar refractivity (Wildman–Crippen MR) is 120 cm³/mol. The average molecular weight is 404 g/mol. The monoisotopic (exact) mass is 404 g/mol. The minimum absolute atomic E-state index is 0.0615. The summed E-state index contributed by atoms with van der Waals surface area (Å²) in [6.07, 6.45) is 3.54. The van der Waals surface area contributed by atoms with Crippen LogP contribution < -0.4 is 10.6 Å². The number of hydrogen-bond donors (Lipinski definition) is 1. The molecule has 1 aliphatic rings. The number of pyridine rings is 1. The number of nitrogens with two attached hydrogens (primary N) is 1. The fourth-order valence-corrected chi connectivity index (χ4v) is 4.99. The van der Waals surface area contributed by atoms with Crippen LogP contribution in [0.25, 0.3) is 32.1 Å². The molecule has 0 radical (unpaired) electrons. The number of aromatic nitrogens is 1. The van der Waals surface area contributed by atoms with Gasteiger partial charge in [0.15, 0.2) is 0 Å². The Kier molecular flexibility index (Phi) is 4.32. The van der Waals surface area contributed by atoms with E-state index in [9.17, 15) is 10.1 Å². The molecule has 0 atom stereocenters. The Morgan fingerprint density at radius 3 is 2.66 bits per heavy atom. The van der Waals surface area contributed by atoms with Crippen LogP contribution >= 0.6 is 11.3 Å². The number of nitro benzene ring substituents is 1. The van der Waals surface area contributed by atoms with Crippen molar-refractivity contribution in [3.8, 4) is 10.4 Å². The highest BCUT2D eigenvalue weighted by Gasteiger charge is 2.21. The van der Waals surface area contributed by atoms with Crippen molar-refractivity contribution in [3.05, 3.63) is 58.0 Å². The molecule has 0 bridgehead atoms. The van der Waals surface area contributed by atoms with Crippen LogP contribution in [-0.4, -0.2) is 23.0 Å². The summed E-state index contributed by atoms with van der Waals surface area (Å²) in [6, 6.07) is 13.2. The van der Waals surface area contributed by atoms with E-state index in [1.807, 2.05) is 12.1 Å². The SMILES string of the molecule is Nc1cc(N2CCCCC2)c2c(-c3cccs3)cc3ccc([N+](=O)[O-])cc3c2n1. The average Bonchev–Trinajstić information content (AvgIpc) is 3.27. The van der Waals surface area contributed by atoms with Gasteiger partial charge in [-0.1, -0.05) is 6.07 Å². The van der Waals surface area contributed by atoms with E-state index < -0.39 is 0 Å². The first-order valence-corrected chi connectivity index (χ1v) is 10.6. The van der Waals surface area contributed by atoms with Crippen molar-refractivity contribution in [2.24, 2.45) is 0 Å². The molecule has 3 heterocycles. The number of benzene rings is 2. The maximum absolute atomic E-state index is 11.4. The molecule has 2 aromatic carbocycles. The van der Waals surface area contributed by atoms with Crippen LogP contribution in [0.4, 0.5) is 17.2 Å². The van der Waals surface area contributed by atoms with E-state index in [1.54, 1.807) is 29.5 Å². The van der Waals surface area contributed by atoms with Crippen molar-refractivity contribution in [1.82, 2.24) is 4.98 Å². The summed E-state index contributed by atoms with van der Waals surface area (Å²) in [5.74, 6) is 0.439. The molecule has 7 heteroatoms. The lowest BCUT2D eigenvalue weighted by atomic mass is 9.97. The van der Waals surface area contributed by atoms with Crippen molar-refractivity contribution in [2.75, 3.05) is 23.7 Å². The number of thiophene rings is 1. The maximum Gasteiger partial charge on any atom is 0.270 e. The fourth-order valence-electron chi connectivity index (χ4n) is 4.24. The van der Waals surface area contributed by atoms with Gasteiger partial charge in [-0.25, -0.2) is 4.98 Å². The molecule has 5 rings (SSSR count). The molecule has 0 saturated carbocycles. The minimum Gasteiger partial charge on any atom is -0.384 e. The molecule has 2 N–H and O–H groups in total. The number of nitro groups is 1. The van der Waals surface area contributed by atoms with Crippen molar-refractivity contribution in [2.45, 2.75) is 19.3 Å². The van der Waals surface area contributed by atoms with Crippen LogP contribution in [0.3, 0.4) is 0 Å². The molecule has 1 saturated heterocycles. The summed E-state index contributed by atoms with van der Waals surface area (Å²) < 4.78 is 0.